The Kier molecular flexibility index (Phi) is 5.49. The van der Waals surface area contributed by atoms with Gasteiger partial charge in [0, 0.05) is 13.1 Å². The summed E-state index contributed by atoms with van der Waals surface area (Å²) in [6, 6.07) is 16.7. The van der Waals surface area contributed by atoms with Crippen molar-refractivity contribution in [2.75, 3.05) is 6.54 Å². The summed E-state index contributed by atoms with van der Waals surface area (Å²) in [5, 5.41) is 2.76. The highest BCUT2D eigenvalue weighted by Crippen LogP contribution is 2.23. The van der Waals surface area contributed by atoms with Crippen LogP contribution < -0.4 is 5.32 Å². The van der Waals surface area contributed by atoms with Crippen LogP contribution in [0, 0.1) is 0 Å². The van der Waals surface area contributed by atoms with Crippen LogP contribution in [0.4, 0.5) is 4.79 Å². The van der Waals surface area contributed by atoms with Gasteiger partial charge in [0.1, 0.15) is 11.6 Å². The average molecular weight is 366 g/mol. The van der Waals surface area contributed by atoms with Gasteiger partial charge in [0.05, 0.1) is 0 Å². The molecule has 5 heteroatoms. The molecule has 0 spiro atoms. The number of ether oxygens (including phenoxy) is 1. The Hall–Kier alpha value is -2.82. The van der Waals surface area contributed by atoms with Crippen molar-refractivity contribution in [2.45, 2.75) is 45.4 Å². The van der Waals surface area contributed by atoms with Gasteiger partial charge in [-0.25, -0.2) is 4.79 Å². The lowest BCUT2D eigenvalue weighted by Gasteiger charge is -2.32. The number of benzene rings is 2. The first-order valence-corrected chi connectivity index (χ1v) is 9.23. The zero-order valence-electron chi connectivity index (χ0n) is 16.1. The number of hydrogen-bond acceptors (Lipinski definition) is 3. The summed E-state index contributed by atoms with van der Waals surface area (Å²) in [5.41, 5.74) is 2.55. The Bertz CT molecular complexity index is 812. The predicted molar refractivity (Wildman–Crippen MR) is 104 cm³/mol. The van der Waals surface area contributed by atoms with Crippen LogP contribution in [0.3, 0.4) is 0 Å². The first-order chi connectivity index (χ1) is 12.8. The molecule has 27 heavy (non-hydrogen) atoms. The molecule has 0 saturated heterocycles. The number of amides is 2. The molecule has 1 heterocycles. The number of nitrogens with one attached hydrogen (secondary N) is 1. The summed E-state index contributed by atoms with van der Waals surface area (Å²) in [5.74, 6) is -0.124. The monoisotopic (exact) mass is 366 g/mol. The Morgan fingerprint density at radius 2 is 1.63 bits per heavy atom. The molecule has 2 aromatic carbocycles. The fourth-order valence-electron chi connectivity index (χ4n) is 3.22. The number of alkyl carbamates (subject to hydrolysis) is 1. The van der Waals surface area contributed by atoms with Crippen molar-refractivity contribution in [1.82, 2.24) is 10.2 Å². The van der Waals surface area contributed by atoms with Crippen molar-refractivity contribution in [3.8, 4) is 0 Å². The Morgan fingerprint density at radius 3 is 2.30 bits per heavy atom. The van der Waals surface area contributed by atoms with Gasteiger partial charge in [0.2, 0.25) is 5.91 Å². The van der Waals surface area contributed by atoms with Crippen LogP contribution in [0.25, 0.3) is 0 Å². The summed E-state index contributed by atoms with van der Waals surface area (Å²) < 4.78 is 5.36. The molecule has 0 bridgehead atoms. The zero-order valence-corrected chi connectivity index (χ0v) is 16.1. The van der Waals surface area contributed by atoms with E-state index >= 15 is 0 Å². The SMILES string of the molecule is CC(C)(C)OC(=O)NC(C(=O)N1CCc2ccccc2C1)c1ccccc1. The highest BCUT2D eigenvalue weighted by Gasteiger charge is 2.31. The van der Waals surface area contributed by atoms with Crippen molar-refractivity contribution in [3.63, 3.8) is 0 Å². The fraction of sp³-hybridized carbons (Fsp3) is 0.364. The molecule has 2 amide bonds. The van der Waals surface area contributed by atoms with Crippen LogP contribution in [-0.4, -0.2) is 29.0 Å². The molecule has 0 saturated carbocycles. The maximum Gasteiger partial charge on any atom is 0.408 e. The Balaban J connectivity index is 1.80. The molecule has 0 fully saturated rings. The van der Waals surface area contributed by atoms with Gasteiger partial charge in [-0.15, -0.1) is 0 Å². The molecule has 0 aliphatic carbocycles. The van der Waals surface area contributed by atoms with E-state index in [9.17, 15) is 9.59 Å². The van der Waals surface area contributed by atoms with Crippen LogP contribution in [0.5, 0.6) is 0 Å². The van der Waals surface area contributed by atoms with Crippen molar-refractivity contribution < 1.29 is 14.3 Å². The molecule has 2 aromatic rings. The predicted octanol–water partition coefficient (Wildman–Crippen LogP) is 3.84. The van der Waals surface area contributed by atoms with Gasteiger partial charge in [-0.3, -0.25) is 4.79 Å². The van der Waals surface area contributed by atoms with E-state index in [1.807, 2.05) is 48.5 Å². The normalized spacial score (nSPS) is 14.9. The first kappa shape index (κ1) is 19.0. The smallest absolute Gasteiger partial charge is 0.408 e. The van der Waals surface area contributed by atoms with Gasteiger partial charge in [0.25, 0.3) is 0 Å². The summed E-state index contributed by atoms with van der Waals surface area (Å²) in [7, 11) is 0. The quantitative estimate of drug-likeness (QED) is 0.898. The minimum Gasteiger partial charge on any atom is -0.444 e. The lowest BCUT2D eigenvalue weighted by molar-refractivity contribution is -0.134. The molecular weight excluding hydrogens is 340 g/mol. The lowest BCUT2D eigenvalue weighted by Crippen LogP contribution is -2.46. The van der Waals surface area contributed by atoms with E-state index in [4.69, 9.17) is 4.74 Å². The van der Waals surface area contributed by atoms with E-state index in [0.717, 1.165) is 17.5 Å². The number of fused-ring (bicyclic) bond motifs is 1. The van der Waals surface area contributed by atoms with Gasteiger partial charge in [-0.05, 0) is 43.9 Å². The van der Waals surface area contributed by atoms with Crippen molar-refractivity contribution in [1.29, 1.82) is 0 Å². The highest BCUT2D eigenvalue weighted by atomic mass is 16.6. The Morgan fingerprint density at radius 1 is 1.00 bits per heavy atom. The molecule has 1 aliphatic heterocycles. The molecule has 1 atom stereocenters. The second-order valence-corrected chi connectivity index (χ2v) is 7.77. The maximum atomic E-state index is 13.3. The standard InChI is InChI=1S/C22H26N2O3/c1-22(2,3)27-21(26)23-19(17-10-5-4-6-11-17)20(25)24-14-13-16-9-7-8-12-18(16)15-24/h4-12,19H,13-15H2,1-3H3,(H,23,26). The topological polar surface area (TPSA) is 58.6 Å². The van der Waals surface area contributed by atoms with E-state index in [1.165, 1.54) is 5.56 Å². The molecule has 1 aliphatic rings. The van der Waals surface area contributed by atoms with E-state index in [2.05, 4.69) is 11.4 Å². The van der Waals surface area contributed by atoms with Gasteiger partial charge >= 0.3 is 6.09 Å². The van der Waals surface area contributed by atoms with E-state index in [1.54, 1.807) is 25.7 Å². The maximum absolute atomic E-state index is 13.3. The van der Waals surface area contributed by atoms with Crippen LogP contribution >= 0.6 is 0 Å². The molecular formula is C22H26N2O3. The van der Waals surface area contributed by atoms with Crippen LogP contribution in [0.15, 0.2) is 54.6 Å². The first-order valence-electron chi connectivity index (χ1n) is 9.23. The van der Waals surface area contributed by atoms with Crippen molar-refractivity contribution in [2.24, 2.45) is 0 Å². The number of hydrogen-bond donors (Lipinski definition) is 1. The van der Waals surface area contributed by atoms with Crippen molar-refractivity contribution >= 4 is 12.0 Å². The van der Waals surface area contributed by atoms with Crippen LogP contribution in [0.1, 0.15) is 43.5 Å². The lowest BCUT2D eigenvalue weighted by atomic mass is 9.98. The van der Waals surface area contributed by atoms with Crippen LogP contribution in [-0.2, 0) is 22.5 Å². The number of carbonyl (C=O) groups excluding carboxylic acids is 2. The minimum absolute atomic E-state index is 0.124. The minimum atomic E-state index is -0.772. The van der Waals surface area contributed by atoms with Gasteiger partial charge < -0.3 is 15.0 Å². The third-order valence-corrected chi connectivity index (χ3v) is 4.48. The second kappa shape index (κ2) is 7.82. The van der Waals surface area contributed by atoms with Gasteiger partial charge in [0.15, 0.2) is 0 Å². The third-order valence-electron chi connectivity index (χ3n) is 4.48. The Labute approximate surface area is 160 Å². The van der Waals surface area contributed by atoms with Crippen molar-refractivity contribution in [3.05, 3.63) is 71.3 Å². The van der Waals surface area contributed by atoms with E-state index < -0.39 is 17.7 Å². The molecule has 1 unspecified atom stereocenters. The summed E-state index contributed by atoms with van der Waals surface area (Å²) >= 11 is 0. The average Bonchev–Trinajstić information content (AvgIpc) is 2.64. The largest absolute Gasteiger partial charge is 0.444 e. The molecule has 0 radical (unpaired) electrons. The molecule has 0 aromatic heterocycles. The van der Waals surface area contributed by atoms with E-state index in [-0.39, 0.29) is 5.91 Å². The number of carbonyl (C=O) groups is 2. The summed E-state index contributed by atoms with van der Waals surface area (Å²) in [4.78, 5) is 27.4. The summed E-state index contributed by atoms with van der Waals surface area (Å²) in [6.45, 7) is 6.58. The number of rotatable bonds is 3. The van der Waals surface area contributed by atoms with E-state index in [0.29, 0.717) is 13.1 Å². The van der Waals surface area contributed by atoms with Gasteiger partial charge in [-0.1, -0.05) is 54.6 Å². The van der Waals surface area contributed by atoms with Crippen LogP contribution in [0.2, 0.25) is 0 Å². The zero-order chi connectivity index (χ0) is 19.4. The molecule has 3 rings (SSSR count). The number of nitrogens with zero attached hydrogens (tertiary/aromatic N) is 1. The van der Waals surface area contributed by atoms with Gasteiger partial charge in [-0.2, -0.15) is 0 Å². The fourth-order valence-corrected chi connectivity index (χ4v) is 3.22. The molecule has 5 nitrogen and oxygen atoms in total. The second-order valence-electron chi connectivity index (χ2n) is 7.77. The molecule has 142 valence electrons. The highest BCUT2D eigenvalue weighted by molar-refractivity contribution is 5.87. The summed E-state index contributed by atoms with van der Waals surface area (Å²) in [6.07, 6.45) is 0.220. The third kappa shape index (κ3) is 4.88. The molecule has 1 N–H and O–H groups in total.